The van der Waals surface area contributed by atoms with Gasteiger partial charge in [0.25, 0.3) is 0 Å². The van der Waals surface area contributed by atoms with Gasteiger partial charge in [-0.1, -0.05) is 7.43 Å². The Hall–Kier alpha value is 2.03. The molecule has 4 heavy (non-hydrogen) atoms. The number of hydrogen-bond donors (Lipinski definition) is 0. The van der Waals surface area contributed by atoms with Crippen LogP contribution in [0, 0.1) is 0 Å². The monoisotopic (exact) mass is 288 g/mol. The molecule has 3 heteroatoms. The van der Waals surface area contributed by atoms with Crippen molar-refractivity contribution in [2.24, 2.45) is 0 Å². The average molecular weight is 288 g/mol. The molecule has 0 rings (SSSR count). The second-order valence-electron chi connectivity index (χ2n) is 0. The van der Waals surface area contributed by atoms with E-state index in [9.17, 15) is 0 Å². The van der Waals surface area contributed by atoms with Crippen molar-refractivity contribution in [3.8, 4) is 0 Å². The molecular formula is CH12GaInSe. The predicted octanol–water partition coefficient (Wildman–Crippen LogP) is -2.65. The van der Waals surface area contributed by atoms with E-state index in [1.54, 1.807) is 0 Å². The van der Waals surface area contributed by atoms with Crippen molar-refractivity contribution < 1.29 is 0 Å². The molecule has 0 spiro atoms. The third-order valence-corrected chi connectivity index (χ3v) is 0. The molecule has 0 saturated carbocycles. The van der Waals surface area contributed by atoms with Gasteiger partial charge in [-0.3, -0.25) is 0 Å². The summed E-state index contributed by atoms with van der Waals surface area (Å²) >= 11 is 0. The van der Waals surface area contributed by atoms with E-state index in [2.05, 4.69) is 0 Å². The Morgan fingerprint density at radius 1 is 1.00 bits per heavy atom. The van der Waals surface area contributed by atoms with Crippen LogP contribution in [0.25, 0.3) is 0 Å². The normalized spacial score (nSPS) is 0. The van der Waals surface area contributed by atoms with Gasteiger partial charge in [0, 0.05) is 0 Å². The van der Waals surface area contributed by atoms with Crippen LogP contribution in [0.5, 0.6) is 0 Å². The molecule has 0 bridgehead atoms. The molecule has 28 valence electrons. The van der Waals surface area contributed by atoms with Crippen molar-refractivity contribution in [2.45, 2.75) is 7.43 Å². The number of hydrogen-bond acceptors (Lipinski definition) is 0. The van der Waals surface area contributed by atoms with Crippen LogP contribution < -0.4 is 0 Å². The Morgan fingerprint density at radius 3 is 1.00 bits per heavy atom. The molecule has 0 atom stereocenters. The summed E-state index contributed by atoms with van der Waals surface area (Å²) < 4.78 is 0. The van der Waals surface area contributed by atoms with E-state index in [0.29, 0.717) is 0 Å². The molecule has 0 aliphatic heterocycles. The third-order valence-electron chi connectivity index (χ3n) is 0. The Kier molecular flexibility index (Phi) is 184. The van der Waals surface area contributed by atoms with Gasteiger partial charge in [-0.05, 0) is 0 Å². The molecule has 0 fully saturated rings. The molecule has 0 nitrogen and oxygen atoms in total. The van der Waals surface area contributed by atoms with Crippen LogP contribution >= 0.6 is 0 Å². The van der Waals surface area contributed by atoms with Crippen molar-refractivity contribution in [1.29, 1.82) is 0 Å². The van der Waals surface area contributed by atoms with Crippen molar-refractivity contribution in [3.05, 3.63) is 0 Å². The maximum absolute atomic E-state index is 0. The van der Waals surface area contributed by atoms with E-state index in [1.807, 2.05) is 0 Å². The fraction of sp³-hybridized carbons (Fsp3) is 1.00. The van der Waals surface area contributed by atoms with Crippen LogP contribution in [-0.2, 0) is 0 Å². The SMILES string of the molecule is C.[GaH3].[InH3].[SeH2]. The Morgan fingerprint density at radius 2 is 1.00 bits per heavy atom. The van der Waals surface area contributed by atoms with Gasteiger partial charge in [0.2, 0.25) is 0 Å². The second kappa shape index (κ2) is 19.8. The van der Waals surface area contributed by atoms with Gasteiger partial charge in [0.1, 0.15) is 0 Å². The molecule has 0 amide bonds. The van der Waals surface area contributed by atoms with E-state index in [0.717, 1.165) is 0 Å². The van der Waals surface area contributed by atoms with Gasteiger partial charge >= 0.3 is 62.7 Å². The fourth-order valence-electron chi connectivity index (χ4n) is 0. The van der Waals surface area contributed by atoms with E-state index in [4.69, 9.17) is 0 Å². The zero-order chi connectivity index (χ0) is 0. The first-order valence-corrected chi connectivity index (χ1v) is 0. The summed E-state index contributed by atoms with van der Waals surface area (Å²) in [7, 11) is 0. The van der Waals surface area contributed by atoms with Crippen molar-refractivity contribution in [2.75, 3.05) is 0 Å². The average Bonchev–Trinajstić information content (AvgIpc) is 0. The Bertz CT molecular complexity index is 8.00. The van der Waals surface area contributed by atoms with Crippen molar-refractivity contribution in [3.63, 3.8) is 0 Å². The summed E-state index contributed by atoms with van der Waals surface area (Å²) in [5.41, 5.74) is 0. The summed E-state index contributed by atoms with van der Waals surface area (Å²) in [5.74, 6) is 0. The summed E-state index contributed by atoms with van der Waals surface area (Å²) in [6, 6.07) is 0. The first-order valence-electron chi connectivity index (χ1n) is 0. The molecule has 0 aromatic carbocycles. The van der Waals surface area contributed by atoms with Gasteiger partial charge in [0.15, 0.2) is 0 Å². The first kappa shape index (κ1) is 37.1. The quantitative estimate of drug-likeness (QED) is 0.427. The van der Waals surface area contributed by atoms with Gasteiger partial charge in [-0.2, -0.15) is 0 Å². The Balaban J connectivity index is 0. The molecule has 0 aliphatic carbocycles. The molecule has 0 aromatic heterocycles. The number of rotatable bonds is 0. The maximum atomic E-state index is 0. The van der Waals surface area contributed by atoms with Crippen LogP contribution in [-0.4, -0.2) is 62.7 Å². The summed E-state index contributed by atoms with van der Waals surface area (Å²) in [6.07, 6.45) is 0. The predicted molar refractivity (Wildman–Crippen MR) is 35.2 cm³/mol. The molecule has 0 unspecified atom stereocenters. The van der Waals surface area contributed by atoms with Crippen LogP contribution in [0.3, 0.4) is 0 Å². The molecular weight excluding hydrogens is 276 g/mol. The zero-order valence-electron chi connectivity index (χ0n) is 0.500. The van der Waals surface area contributed by atoms with E-state index >= 15 is 0 Å². The summed E-state index contributed by atoms with van der Waals surface area (Å²) in [6.45, 7) is 0. The molecule has 0 heterocycles. The first-order chi connectivity index (χ1) is 0. The fourth-order valence-corrected chi connectivity index (χ4v) is 0. The summed E-state index contributed by atoms with van der Waals surface area (Å²) in [4.78, 5) is 0. The topological polar surface area (TPSA) is 0 Å². The van der Waals surface area contributed by atoms with Gasteiger partial charge in [0.05, 0.1) is 0 Å². The molecule has 0 aliphatic rings. The van der Waals surface area contributed by atoms with E-state index < -0.39 is 0 Å². The van der Waals surface area contributed by atoms with Crippen LogP contribution in [0.4, 0.5) is 0 Å². The minimum absolute atomic E-state index is 0. The van der Waals surface area contributed by atoms with E-state index in [1.165, 1.54) is 0 Å². The molecule has 0 saturated heterocycles. The van der Waals surface area contributed by atoms with Crippen LogP contribution in [0.2, 0.25) is 0 Å². The van der Waals surface area contributed by atoms with Gasteiger partial charge in [-0.25, -0.2) is 0 Å². The zero-order valence-corrected chi connectivity index (χ0v) is 2.60. The van der Waals surface area contributed by atoms with Crippen LogP contribution in [0.15, 0.2) is 0 Å². The third kappa shape index (κ3) is 8.98. The van der Waals surface area contributed by atoms with Crippen molar-refractivity contribution in [1.82, 2.24) is 0 Å². The molecule has 0 radical (unpaired) electrons. The van der Waals surface area contributed by atoms with Gasteiger partial charge < -0.3 is 0 Å². The molecule has 0 aromatic rings. The standard InChI is InChI=1S/CH4.Ga.In.H2Se.6H/h1H4;;;1H2;;;;;;. The minimum atomic E-state index is 0. The second-order valence-corrected chi connectivity index (χ2v) is 0. The molecule has 0 N–H and O–H groups in total. The summed E-state index contributed by atoms with van der Waals surface area (Å²) in [5, 5.41) is 0. The van der Waals surface area contributed by atoms with Crippen LogP contribution in [0.1, 0.15) is 7.43 Å². The Labute approximate surface area is 69.4 Å². The van der Waals surface area contributed by atoms with E-state index in [-0.39, 0.29) is 70.1 Å². The van der Waals surface area contributed by atoms with Crippen molar-refractivity contribution >= 4 is 62.7 Å². The van der Waals surface area contributed by atoms with Gasteiger partial charge in [-0.15, -0.1) is 0 Å².